The normalized spacial score (nSPS) is 11.5. The van der Waals surface area contributed by atoms with Gasteiger partial charge in [0.2, 0.25) is 0 Å². The van der Waals surface area contributed by atoms with Crippen LogP contribution in [-0.2, 0) is 0 Å². The van der Waals surface area contributed by atoms with E-state index in [0.717, 1.165) is 61.7 Å². The van der Waals surface area contributed by atoms with E-state index in [1.165, 1.54) is 38.5 Å². The van der Waals surface area contributed by atoms with Crippen molar-refractivity contribution in [2.75, 3.05) is 4.90 Å². The molecule has 8 aromatic carbocycles. The third kappa shape index (κ3) is 6.01. The predicted molar refractivity (Wildman–Crippen MR) is 246 cm³/mol. The van der Waals surface area contributed by atoms with Gasteiger partial charge in [-0.15, -0.1) is 0 Å². The smallest absolute Gasteiger partial charge is 0.136 e. The molecule has 0 spiro atoms. The van der Waals surface area contributed by atoms with Crippen molar-refractivity contribution in [2.45, 2.75) is 6.92 Å². The lowest BCUT2D eigenvalue weighted by Gasteiger charge is -2.26. The van der Waals surface area contributed by atoms with Gasteiger partial charge in [-0.25, -0.2) is 0 Å². The number of para-hydroxylation sites is 3. The summed E-state index contributed by atoms with van der Waals surface area (Å²) in [4.78, 5) is 2.33. The van der Waals surface area contributed by atoms with Crippen LogP contribution in [0.1, 0.15) is 18.2 Å². The maximum Gasteiger partial charge on any atom is 0.136 e. The molecule has 0 saturated carbocycles. The fourth-order valence-corrected chi connectivity index (χ4v) is 8.46. The Bertz CT molecular complexity index is 3060. The van der Waals surface area contributed by atoms with Crippen LogP contribution >= 0.6 is 0 Å². The number of allylic oxidation sites excluding steroid dienone is 1. The van der Waals surface area contributed by atoms with Gasteiger partial charge in [0.1, 0.15) is 11.3 Å². The van der Waals surface area contributed by atoms with Crippen molar-refractivity contribution >= 4 is 62.0 Å². The molecule has 0 atom stereocenters. The lowest BCUT2D eigenvalue weighted by Crippen LogP contribution is -2.09. The van der Waals surface area contributed by atoms with Crippen LogP contribution in [0.5, 0.6) is 0 Å². The van der Waals surface area contributed by atoms with Gasteiger partial charge in [0.25, 0.3) is 0 Å². The van der Waals surface area contributed by atoms with Crippen molar-refractivity contribution in [3.63, 3.8) is 0 Å². The summed E-state index contributed by atoms with van der Waals surface area (Å²) in [5.41, 5.74) is 15.5. The minimum absolute atomic E-state index is 0.822. The molecular weight excluding hydrogens is 705 g/mol. The SMILES string of the molecule is C=Cc1c(/C=C\C)oc2cccc(-c3ccc(N(c4ccc(-c5ccccc5)cc4)c4ccc(-c5ccccc5-n5c6ccccc6c6ccccc65)cc4)cc3)c12. The lowest BCUT2D eigenvalue weighted by atomic mass is 9.97. The van der Waals surface area contributed by atoms with Crippen molar-refractivity contribution in [3.8, 4) is 39.1 Å². The van der Waals surface area contributed by atoms with Crippen molar-refractivity contribution < 1.29 is 4.42 Å². The molecule has 0 unspecified atom stereocenters. The van der Waals surface area contributed by atoms with Crippen LogP contribution in [0.15, 0.2) is 211 Å². The highest BCUT2D eigenvalue weighted by Crippen LogP contribution is 2.41. The summed E-state index contributed by atoms with van der Waals surface area (Å²) in [5.74, 6) is 0.822. The summed E-state index contributed by atoms with van der Waals surface area (Å²) >= 11 is 0. The molecule has 276 valence electrons. The zero-order valence-corrected chi connectivity index (χ0v) is 32.2. The van der Waals surface area contributed by atoms with E-state index in [2.05, 4.69) is 204 Å². The Kier molecular flexibility index (Phi) is 8.89. The Balaban J connectivity index is 1.07. The summed E-state index contributed by atoms with van der Waals surface area (Å²) in [7, 11) is 0. The number of aromatic nitrogens is 1. The van der Waals surface area contributed by atoms with Gasteiger partial charge in [-0.05, 0) is 101 Å². The molecule has 0 fully saturated rings. The topological polar surface area (TPSA) is 21.3 Å². The molecule has 0 aliphatic heterocycles. The Labute approximate surface area is 338 Å². The van der Waals surface area contributed by atoms with Gasteiger partial charge < -0.3 is 13.9 Å². The zero-order valence-electron chi connectivity index (χ0n) is 32.2. The van der Waals surface area contributed by atoms with E-state index < -0.39 is 0 Å². The van der Waals surface area contributed by atoms with Crippen LogP contribution < -0.4 is 4.90 Å². The van der Waals surface area contributed by atoms with Crippen molar-refractivity contribution in [3.05, 3.63) is 218 Å². The number of hydrogen-bond acceptors (Lipinski definition) is 2. The van der Waals surface area contributed by atoms with Gasteiger partial charge in [0.05, 0.1) is 16.7 Å². The summed E-state index contributed by atoms with van der Waals surface area (Å²) in [6, 6.07) is 69.5. The van der Waals surface area contributed by atoms with Crippen molar-refractivity contribution in [1.82, 2.24) is 4.57 Å². The first-order valence-corrected chi connectivity index (χ1v) is 19.7. The molecule has 0 bridgehead atoms. The lowest BCUT2D eigenvalue weighted by molar-refractivity contribution is 0.603. The van der Waals surface area contributed by atoms with Crippen LogP contribution in [-0.4, -0.2) is 4.57 Å². The summed E-state index contributed by atoms with van der Waals surface area (Å²) in [5, 5.41) is 3.58. The fourth-order valence-electron chi connectivity index (χ4n) is 8.46. The van der Waals surface area contributed by atoms with E-state index in [4.69, 9.17) is 4.42 Å². The minimum atomic E-state index is 0.822. The molecule has 0 aliphatic carbocycles. The molecule has 0 saturated heterocycles. The molecule has 10 aromatic rings. The van der Waals surface area contributed by atoms with Gasteiger partial charge in [-0.2, -0.15) is 0 Å². The van der Waals surface area contributed by atoms with Crippen molar-refractivity contribution in [1.29, 1.82) is 0 Å². The Morgan fingerprint density at radius 2 is 0.983 bits per heavy atom. The standard InChI is InChI=1S/C55H40N2O/c1-3-15-53-45(4-2)55-47(21-14-25-54(55)58-53)41-30-36-44(37-31-41)56(42-32-26-39(27-33-42)38-16-6-5-7-17-38)43-34-28-40(29-35-43)46-18-8-11-22-50(46)57-51-23-12-9-19-48(51)49-20-10-13-24-52(49)57/h3-37H,2H2,1H3/b15-3-. The molecule has 58 heavy (non-hydrogen) atoms. The summed E-state index contributed by atoms with van der Waals surface area (Å²) < 4.78 is 8.65. The average molecular weight is 745 g/mol. The summed E-state index contributed by atoms with van der Waals surface area (Å²) in [6.07, 6.45) is 5.89. The number of benzene rings is 8. The fraction of sp³-hybridized carbons (Fsp3) is 0.0182. The van der Waals surface area contributed by atoms with Gasteiger partial charge in [-0.3, -0.25) is 0 Å². The molecule has 3 nitrogen and oxygen atoms in total. The van der Waals surface area contributed by atoms with Crippen LogP contribution in [0.2, 0.25) is 0 Å². The first-order valence-electron chi connectivity index (χ1n) is 19.7. The largest absolute Gasteiger partial charge is 0.456 e. The number of furan rings is 1. The van der Waals surface area contributed by atoms with E-state index in [-0.39, 0.29) is 0 Å². The zero-order chi connectivity index (χ0) is 39.0. The molecule has 0 amide bonds. The first-order chi connectivity index (χ1) is 28.7. The second kappa shape index (κ2) is 14.8. The highest BCUT2D eigenvalue weighted by molar-refractivity contribution is 6.10. The molecule has 0 aliphatic rings. The maximum atomic E-state index is 6.25. The number of rotatable bonds is 9. The van der Waals surface area contributed by atoms with Gasteiger partial charge >= 0.3 is 0 Å². The van der Waals surface area contributed by atoms with E-state index in [1.54, 1.807) is 0 Å². The highest BCUT2D eigenvalue weighted by atomic mass is 16.3. The van der Waals surface area contributed by atoms with Gasteiger partial charge in [-0.1, -0.05) is 152 Å². The van der Waals surface area contributed by atoms with Crippen molar-refractivity contribution in [2.24, 2.45) is 0 Å². The highest BCUT2D eigenvalue weighted by Gasteiger charge is 2.19. The Hall–Kier alpha value is -7.62. The Morgan fingerprint density at radius 1 is 0.483 bits per heavy atom. The number of anilines is 3. The van der Waals surface area contributed by atoms with E-state index in [1.807, 2.05) is 31.2 Å². The minimum Gasteiger partial charge on any atom is -0.456 e. The third-order valence-corrected chi connectivity index (χ3v) is 11.1. The molecular formula is C55H40N2O. The van der Waals surface area contributed by atoms with Crippen LogP contribution in [0.4, 0.5) is 17.1 Å². The second-order valence-electron chi connectivity index (χ2n) is 14.5. The average Bonchev–Trinajstić information content (AvgIpc) is 3.83. The van der Waals surface area contributed by atoms with E-state index in [0.29, 0.717) is 0 Å². The molecule has 2 heterocycles. The monoisotopic (exact) mass is 744 g/mol. The third-order valence-electron chi connectivity index (χ3n) is 11.1. The molecule has 0 N–H and O–H groups in total. The molecule has 0 radical (unpaired) electrons. The number of nitrogens with zero attached hydrogens (tertiary/aromatic N) is 2. The van der Waals surface area contributed by atoms with Gasteiger partial charge in [0.15, 0.2) is 0 Å². The molecule has 10 rings (SSSR count). The van der Waals surface area contributed by atoms with E-state index >= 15 is 0 Å². The number of hydrogen-bond donors (Lipinski definition) is 0. The van der Waals surface area contributed by atoms with Crippen LogP contribution in [0, 0.1) is 0 Å². The van der Waals surface area contributed by atoms with Crippen LogP contribution in [0.3, 0.4) is 0 Å². The second-order valence-corrected chi connectivity index (χ2v) is 14.5. The molecule has 2 aromatic heterocycles. The van der Waals surface area contributed by atoms with Crippen LogP contribution in [0.25, 0.3) is 84.0 Å². The maximum absolute atomic E-state index is 6.25. The first kappa shape index (κ1) is 34.8. The summed E-state index contributed by atoms with van der Waals surface area (Å²) in [6.45, 7) is 6.13. The quantitative estimate of drug-likeness (QED) is 0.147. The predicted octanol–water partition coefficient (Wildman–Crippen LogP) is 15.7. The number of fused-ring (bicyclic) bond motifs is 4. The van der Waals surface area contributed by atoms with E-state index in [9.17, 15) is 0 Å². The van der Waals surface area contributed by atoms with Gasteiger partial charge in [0, 0.05) is 44.3 Å². The molecule has 3 heteroatoms. The Morgan fingerprint density at radius 3 is 1.59 bits per heavy atom.